The minimum atomic E-state index is -0.439. The van der Waals surface area contributed by atoms with E-state index in [1.54, 1.807) is 18.2 Å². The minimum absolute atomic E-state index is 0.106. The third kappa shape index (κ3) is 2.72. The Morgan fingerprint density at radius 3 is 2.65 bits per heavy atom. The molecular formula is C11H8Cl2N2O2. The summed E-state index contributed by atoms with van der Waals surface area (Å²) in [4.78, 5) is 11.7. The summed E-state index contributed by atoms with van der Waals surface area (Å²) in [6.07, 6.45) is 0. The predicted molar refractivity (Wildman–Crippen MR) is 67.5 cm³/mol. The zero-order chi connectivity index (χ0) is 12.4. The molecule has 0 aliphatic heterocycles. The van der Waals surface area contributed by atoms with Gasteiger partial charge in [-0.2, -0.15) is 0 Å². The van der Waals surface area contributed by atoms with Gasteiger partial charge in [0.15, 0.2) is 11.0 Å². The first-order valence-electron chi connectivity index (χ1n) is 4.68. The number of halogens is 2. The van der Waals surface area contributed by atoms with Gasteiger partial charge in [0.05, 0.1) is 11.4 Å². The Bertz CT molecular complexity index is 566. The molecule has 1 aromatic carbocycles. The van der Waals surface area contributed by atoms with Crippen molar-refractivity contribution in [3.05, 3.63) is 46.3 Å². The zero-order valence-electron chi connectivity index (χ0n) is 8.54. The lowest BCUT2D eigenvalue weighted by atomic mass is 10.2. The molecule has 0 bridgehead atoms. The van der Waals surface area contributed by atoms with Gasteiger partial charge in [0.1, 0.15) is 0 Å². The van der Waals surface area contributed by atoms with E-state index in [9.17, 15) is 4.79 Å². The smallest absolute Gasteiger partial charge is 0.291 e. The van der Waals surface area contributed by atoms with Gasteiger partial charge in [0, 0.05) is 5.02 Å². The summed E-state index contributed by atoms with van der Waals surface area (Å²) in [5.74, 6) is -0.333. The number of hydrogen-bond acceptors (Lipinski definition) is 3. The summed E-state index contributed by atoms with van der Waals surface area (Å²) < 4.78 is 4.97. The van der Waals surface area contributed by atoms with E-state index in [-0.39, 0.29) is 11.0 Å². The molecule has 0 aliphatic carbocycles. The van der Waals surface area contributed by atoms with Crippen LogP contribution in [0.4, 0.5) is 11.4 Å². The number of amides is 1. The van der Waals surface area contributed by atoms with Crippen LogP contribution in [0.2, 0.25) is 10.2 Å². The molecule has 0 saturated heterocycles. The molecule has 1 aromatic heterocycles. The second-order valence-corrected chi connectivity index (χ2v) is 4.10. The van der Waals surface area contributed by atoms with Crippen molar-refractivity contribution >= 4 is 40.5 Å². The van der Waals surface area contributed by atoms with Gasteiger partial charge in [-0.15, -0.1) is 0 Å². The van der Waals surface area contributed by atoms with Crippen LogP contribution in [-0.4, -0.2) is 5.91 Å². The summed E-state index contributed by atoms with van der Waals surface area (Å²) in [7, 11) is 0. The standard InChI is InChI=1S/C11H8Cl2N2O2/c12-6-1-2-7(14)8(5-6)15-11(16)9-3-4-10(13)17-9/h1-5H,14H2,(H,15,16). The van der Waals surface area contributed by atoms with E-state index in [0.29, 0.717) is 16.4 Å². The molecule has 88 valence electrons. The van der Waals surface area contributed by atoms with Crippen LogP contribution in [0.25, 0.3) is 0 Å². The maximum Gasteiger partial charge on any atom is 0.291 e. The Morgan fingerprint density at radius 2 is 2.00 bits per heavy atom. The maximum atomic E-state index is 11.7. The van der Waals surface area contributed by atoms with E-state index in [0.717, 1.165) is 0 Å². The second kappa shape index (κ2) is 4.69. The van der Waals surface area contributed by atoms with Crippen molar-refractivity contribution in [1.29, 1.82) is 0 Å². The fourth-order valence-corrected chi connectivity index (χ4v) is 1.58. The van der Waals surface area contributed by atoms with Gasteiger partial charge in [-0.1, -0.05) is 11.6 Å². The molecule has 0 spiro atoms. The summed E-state index contributed by atoms with van der Waals surface area (Å²) in [6, 6.07) is 7.75. The van der Waals surface area contributed by atoms with Gasteiger partial charge in [-0.3, -0.25) is 4.79 Å². The van der Waals surface area contributed by atoms with E-state index < -0.39 is 5.91 Å². The van der Waals surface area contributed by atoms with E-state index in [2.05, 4.69) is 5.32 Å². The summed E-state index contributed by atoms with van der Waals surface area (Å²) in [5, 5.41) is 3.21. The summed E-state index contributed by atoms with van der Waals surface area (Å²) in [6.45, 7) is 0. The number of carbonyl (C=O) groups is 1. The Morgan fingerprint density at radius 1 is 1.24 bits per heavy atom. The van der Waals surface area contributed by atoms with Crippen LogP contribution < -0.4 is 11.1 Å². The molecule has 0 saturated carbocycles. The highest BCUT2D eigenvalue weighted by Gasteiger charge is 2.12. The van der Waals surface area contributed by atoms with Crippen molar-refractivity contribution in [2.24, 2.45) is 0 Å². The van der Waals surface area contributed by atoms with E-state index in [1.165, 1.54) is 12.1 Å². The zero-order valence-corrected chi connectivity index (χ0v) is 10.0. The van der Waals surface area contributed by atoms with Crippen LogP contribution in [0.1, 0.15) is 10.6 Å². The molecule has 2 aromatic rings. The van der Waals surface area contributed by atoms with Gasteiger partial charge in [-0.05, 0) is 41.9 Å². The van der Waals surface area contributed by atoms with Crippen molar-refractivity contribution in [3.63, 3.8) is 0 Å². The van der Waals surface area contributed by atoms with Crippen LogP contribution in [0, 0.1) is 0 Å². The molecule has 1 heterocycles. The first kappa shape index (κ1) is 11.8. The molecule has 0 aliphatic rings. The molecule has 0 unspecified atom stereocenters. The number of anilines is 2. The van der Waals surface area contributed by atoms with Crippen LogP contribution in [0.15, 0.2) is 34.7 Å². The molecule has 17 heavy (non-hydrogen) atoms. The molecular weight excluding hydrogens is 263 g/mol. The van der Waals surface area contributed by atoms with Crippen molar-refractivity contribution in [2.75, 3.05) is 11.1 Å². The van der Waals surface area contributed by atoms with Gasteiger partial charge >= 0.3 is 0 Å². The van der Waals surface area contributed by atoms with Crippen molar-refractivity contribution < 1.29 is 9.21 Å². The molecule has 3 N–H and O–H groups in total. The fraction of sp³-hybridized carbons (Fsp3) is 0. The minimum Gasteiger partial charge on any atom is -0.440 e. The lowest BCUT2D eigenvalue weighted by molar-refractivity contribution is 0.0997. The van der Waals surface area contributed by atoms with E-state index >= 15 is 0 Å². The van der Waals surface area contributed by atoms with Gasteiger partial charge in [0.2, 0.25) is 0 Å². The predicted octanol–water partition coefficient (Wildman–Crippen LogP) is 3.42. The SMILES string of the molecule is Nc1ccc(Cl)cc1NC(=O)c1ccc(Cl)o1. The largest absolute Gasteiger partial charge is 0.440 e. The second-order valence-electron chi connectivity index (χ2n) is 3.29. The topological polar surface area (TPSA) is 68.3 Å². The van der Waals surface area contributed by atoms with E-state index in [4.69, 9.17) is 33.4 Å². The van der Waals surface area contributed by atoms with Crippen molar-refractivity contribution in [3.8, 4) is 0 Å². The van der Waals surface area contributed by atoms with Crippen LogP contribution in [0.3, 0.4) is 0 Å². The first-order valence-corrected chi connectivity index (χ1v) is 5.43. The quantitative estimate of drug-likeness (QED) is 0.822. The highest BCUT2D eigenvalue weighted by molar-refractivity contribution is 6.31. The third-order valence-electron chi connectivity index (χ3n) is 2.06. The average molecular weight is 271 g/mol. The highest BCUT2D eigenvalue weighted by Crippen LogP contribution is 2.24. The molecule has 4 nitrogen and oxygen atoms in total. The Balaban J connectivity index is 2.21. The number of benzene rings is 1. The monoisotopic (exact) mass is 270 g/mol. The molecule has 6 heteroatoms. The Hall–Kier alpha value is -1.65. The van der Waals surface area contributed by atoms with Crippen molar-refractivity contribution in [1.82, 2.24) is 0 Å². The summed E-state index contributed by atoms with van der Waals surface area (Å²) in [5.41, 5.74) is 6.53. The number of hydrogen-bond donors (Lipinski definition) is 2. The van der Waals surface area contributed by atoms with Gasteiger partial charge < -0.3 is 15.5 Å². The number of carbonyl (C=O) groups excluding carboxylic acids is 1. The lowest BCUT2D eigenvalue weighted by Crippen LogP contribution is -2.12. The Labute approximate surface area is 107 Å². The molecule has 1 amide bonds. The number of rotatable bonds is 2. The van der Waals surface area contributed by atoms with Crippen LogP contribution in [0.5, 0.6) is 0 Å². The van der Waals surface area contributed by atoms with Crippen LogP contribution >= 0.6 is 23.2 Å². The normalized spacial score (nSPS) is 10.2. The van der Waals surface area contributed by atoms with E-state index in [1.807, 2.05) is 0 Å². The molecule has 0 radical (unpaired) electrons. The fourth-order valence-electron chi connectivity index (χ4n) is 1.26. The summed E-state index contributed by atoms with van der Waals surface area (Å²) >= 11 is 11.4. The third-order valence-corrected chi connectivity index (χ3v) is 2.50. The maximum absolute atomic E-state index is 11.7. The highest BCUT2D eigenvalue weighted by atomic mass is 35.5. The van der Waals surface area contributed by atoms with Crippen molar-refractivity contribution in [2.45, 2.75) is 0 Å². The van der Waals surface area contributed by atoms with Crippen LogP contribution in [-0.2, 0) is 0 Å². The molecule has 0 fully saturated rings. The molecule has 2 rings (SSSR count). The first-order chi connectivity index (χ1) is 8.06. The average Bonchev–Trinajstić information content (AvgIpc) is 2.70. The number of nitrogens with two attached hydrogens (primary N) is 1. The number of nitrogen functional groups attached to an aromatic ring is 1. The van der Waals surface area contributed by atoms with Gasteiger partial charge in [-0.25, -0.2) is 0 Å². The lowest BCUT2D eigenvalue weighted by Gasteiger charge is -2.06. The number of nitrogens with one attached hydrogen (secondary N) is 1. The van der Waals surface area contributed by atoms with Gasteiger partial charge in [0.25, 0.3) is 5.91 Å². The molecule has 0 atom stereocenters. The Kier molecular flexibility index (Phi) is 3.26. The number of furan rings is 1.